The van der Waals surface area contributed by atoms with Gasteiger partial charge in [-0.25, -0.2) is 4.79 Å². The molecule has 0 aromatic heterocycles. The highest BCUT2D eigenvalue weighted by atomic mass is 17.1. The molecule has 2 N–H and O–H groups in total. The predicted molar refractivity (Wildman–Crippen MR) is 91.9 cm³/mol. The van der Waals surface area contributed by atoms with Crippen molar-refractivity contribution in [1.29, 1.82) is 0 Å². The maximum atomic E-state index is 12.2. The molecule has 0 radical (unpaired) electrons. The first-order valence-electron chi connectivity index (χ1n) is 8.92. The summed E-state index contributed by atoms with van der Waals surface area (Å²) in [7, 11) is 0. The summed E-state index contributed by atoms with van der Waals surface area (Å²) in [5, 5.41) is 19.2. The van der Waals surface area contributed by atoms with Gasteiger partial charge in [0.1, 0.15) is 0 Å². The number of carbonyl (C=O) groups excluding carboxylic acids is 1. The van der Waals surface area contributed by atoms with Gasteiger partial charge in [-0.3, -0.25) is 0 Å². The van der Waals surface area contributed by atoms with Gasteiger partial charge in [0.25, 0.3) is 0 Å². The lowest BCUT2D eigenvalue weighted by atomic mass is 9.58. The average Bonchev–Trinajstić information content (AvgIpc) is 2.33. The SMILES string of the molecule is CC(C)(C)CCCCC(C(=O)OO)C1(C)CC(O)CC(C)(C)C1. The minimum Gasteiger partial charge on any atom is -0.393 e. The highest BCUT2D eigenvalue weighted by Crippen LogP contribution is 2.51. The quantitative estimate of drug-likeness (QED) is 0.417. The normalized spacial score (nSPS) is 29.1. The van der Waals surface area contributed by atoms with Gasteiger partial charge >= 0.3 is 5.97 Å². The third kappa shape index (κ3) is 6.42. The standard InChI is InChI=1S/C19H36O4/c1-17(2,3)10-8-7-9-15(16(21)23-22)19(6)12-14(20)11-18(4,5)13-19/h14-15,20,22H,7-13H2,1-6H3. The van der Waals surface area contributed by atoms with Crippen LogP contribution in [-0.4, -0.2) is 22.4 Å². The first-order chi connectivity index (χ1) is 10.4. The molecule has 4 nitrogen and oxygen atoms in total. The van der Waals surface area contributed by atoms with Crippen LogP contribution in [0.3, 0.4) is 0 Å². The number of aliphatic hydroxyl groups is 1. The Morgan fingerprint density at radius 2 is 1.83 bits per heavy atom. The molecule has 23 heavy (non-hydrogen) atoms. The van der Waals surface area contributed by atoms with E-state index in [4.69, 9.17) is 5.26 Å². The van der Waals surface area contributed by atoms with Gasteiger partial charge in [-0.2, -0.15) is 5.26 Å². The Bertz CT molecular complexity index is 397. The summed E-state index contributed by atoms with van der Waals surface area (Å²) < 4.78 is 0. The highest BCUT2D eigenvalue weighted by molar-refractivity contribution is 5.72. The molecule has 0 spiro atoms. The first-order valence-corrected chi connectivity index (χ1v) is 8.92. The van der Waals surface area contributed by atoms with Gasteiger partial charge in [0.15, 0.2) is 0 Å². The van der Waals surface area contributed by atoms with E-state index in [9.17, 15) is 9.90 Å². The van der Waals surface area contributed by atoms with Gasteiger partial charge in [0, 0.05) is 0 Å². The van der Waals surface area contributed by atoms with E-state index in [2.05, 4.69) is 46.4 Å². The Balaban J connectivity index is 2.78. The fourth-order valence-corrected chi connectivity index (χ4v) is 4.57. The second kappa shape index (κ2) is 7.52. The van der Waals surface area contributed by atoms with Gasteiger partial charge in [0.05, 0.1) is 12.0 Å². The first kappa shape index (κ1) is 20.4. The molecule has 4 heteroatoms. The summed E-state index contributed by atoms with van der Waals surface area (Å²) in [6.07, 6.45) is 5.61. The summed E-state index contributed by atoms with van der Waals surface area (Å²) >= 11 is 0. The van der Waals surface area contributed by atoms with Gasteiger partial charge in [-0.1, -0.05) is 54.4 Å². The van der Waals surface area contributed by atoms with Gasteiger partial charge in [-0.05, 0) is 48.3 Å². The maximum Gasteiger partial charge on any atom is 0.345 e. The lowest BCUT2D eigenvalue weighted by Crippen LogP contribution is -2.45. The smallest absolute Gasteiger partial charge is 0.345 e. The van der Waals surface area contributed by atoms with Crippen molar-refractivity contribution in [2.45, 2.75) is 92.6 Å². The van der Waals surface area contributed by atoms with Crippen LogP contribution in [0.4, 0.5) is 0 Å². The molecule has 0 bridgehead atoms. The molecule has 0 amide bonds. The Morgan fingerprint density at radius 1 is 1.22 bits per heavy atom. The largest absolute Gasteiger partial charge is 0.393 e. The van der Waals surface area contributed by atoms with E-state index in [1.165, 1.54) is 0 Å². The van der Waals surface area contributed by atoms with Gasteiger partial charge in [0.2, 0.25) is 0 Å². The van der Waals surface area contributed by atoms with E-state index < -0.39 is 12.1 Å². The minimum absolute atomic E-state index is 0.00812. The van der Waals surface area contributed by atoms with E-state index in [-0.39, 0.29) is 16.7 Å². The molecular weight excluding hydrogens is 292 g/mol. The summed E-state index contributed by atoms with van der Waals surface area (Å²) in [6.45, 7) is 13.0. The van der Waals surface area contributed by atoms with Crippen LogP contribution < -0.4 is 0 Å². The van der Waals surface area contributed by atoms with Crippen molar-refractivity contribution in [3.05, 3.63) is 0 Å². The lowest BCUT2D eigenvalue weighted by Gasteiger charge is -2.48. The van der Waals surface area contributed by atoms with Crippen molar-refractivity contribution >= 4 is 5.97 Å². The Kier molecular flexibility index (Phi) is 6.68. The third-order valence-electron chi connectivity index (χ3n) is 5.26. The van der Waals surface area contributed by atoms with E-state index >= 15 is 0 Å². The van der Waals surface area contributed by atoms with Crippen LogP contribution in [-0.2, 0) is 9.68 Å². The zero-order valence-electron chi connectivity index (χ0n) is 15.8. The van der Waals surface area contributed by atoms with E-state index in [1.807, 2.05) is 0 Å². The lowest BCUT2D eigenvalue weighted by molar-refractivity contribution is -0.245. The molecule has 0 aliphatic heterocycles. The topological polar surface area (TPSA) is 66.8 Å². The summed E-state index contributed by atoms with van der Waals surface area (Å²) in [4.78, 5) is 16.3. The Morgan fingerprint density at radius 3 is 2.30 bits per heavy atom. The number of unbranched alkanes of at least 4 members (excludes halogenated alkanes) is 1. The number of carbonyl (C=O) groups is 1. The molecule has 3 atom stereocenters. The number of rotatable bonds is 6. The van der Waals surface area contributed by atoms with Crippen molar-refractivity contribution < 1.29 is 20.0 Å². The molecular formula is C19H36O4. The van der Waals surface area contributed by atoms with Crippen LogP contribution in [0.2, 0.25) is 0 Å². The molecule has 0 aromatic rings. The molecule has 3 unspecified atom stereocenters. The summed E-state index contributed by atoms with van der Waals surface area (Å²) in [5.41, 5.74) is -0.0472. The number of hydrogen-bond acceptors (Lipinski definition) is 4. The monoisotopic (exact) mass is 328 g/mol. The molecule has 1 aliphatic rings. The summed E-state index contributed by atoms with van der Waals surface area (Å²) in [6, 6.07) is 0. The second-order valence-electron chi connectivity index (χ2n) is 9.83. The maximum absolute atomic E-state index is 12.2. The van der Waals surface area contributed by atoms with E-state index in [0.717, 1.165) is 32.1 Å². The van der Waals surface area contributed by atoms with Crippen LogP contribution in [0.25, 0.3) is 0 Å². The van der Waals surface area contributed by atoms with Crippen molar-refractivity contribution in [1.82, 2.24) is 0 Å². The van der Waals surface area contributed by atoms with E-state index in [1.54, 1.807) is 0 Å². The molecule has 1 fully saturated rings. The van der Waals surface area contributed by atoms with Gasteiger partial charge < -0.3 is 9.99 Å². The van der Waals surface area contributed by atoms with Crippen LogP contribution in [0.15, 0.2) is 0 Å². The number of aliphatic hydroxyl groups excluding tert-OH is 1. The molecule has 0 heterocycles. The zero-order chi connectivity index (χ0) is 17.9. The molecule has 1 rings (SSSR count). The highest BCUT2D eigenvalue weighted by Gasteiger charge is 2.48. The van der Waals surface area contributed by atoms with Crippen molar-refractivity contribution in [2.24, 2.45) is 22.2 Å². The van der Waals surface area contributed by atoms with Crippen molar-refractivity contribution in [3.8, 4) is 0 Å². The van der Waals surface area contributed by atoms with Crippen LogP contribution >= 0.6 is 0 Å². The van der Waals surface area contributed by atoms with Crippen molar-refractivity contribution in [3.63, 3.8) is 0 Å². The van der Waals surface area contributed by atoms with Crippen LogP contribution in [0, 0.1) is 22.2 Å². The molecule has 0 saturated heterocycles. The molecule has 1 saturated carbocycles. The van der Waals surface area contributed by atoms with Gasteiger partial charge in [-0.15, -0.1) is 0 Å². The second-order valence-corrected chi connectivity index (χ2v) is 9.83. The fourth-order valence-electron chi connectivity index (χ4n) is 4.57. The Labute approximate surface area is 141 Å². The molecule has 1 aliphatic carbocycles. The zero-order valence-corrected chi connectivity index (χ0v) is 15.8. The van der Waals surface area contributed by atoms with Crippen LogP contribution in [0.5, 0.6) is 0 Å². The minimum atomic E-state index is -0.548. The molecule has 136 valence electrons. The third-order valence-corrected chi connectivity index (χ3v) is 5.26. The van der Waals surface area contributed by atoms with Crippen LogP contribution in [0.1, 0.15) is 86.5 Å². The summed E-state index contributed by atoms with van der Waals surface area (Å²) in [5.74, 6) is -0.908. The van der Waals surface area contributed by atoms with Crippen molar-refractivity contribution in [2.75, 3.05) is 0 Å². The fraction of sp³-hybridized carbons (Fsp3) is 0.947. The average molecular weight is 328 g/mol. The molecule has 0 aromatic carbocycles. The number of hydrogen-bond donors (Lipinski definition) is 2. The van der Waals surface area contributed by atoms with E-state index in [0.29, 0.717) is 18.3 Å². The predicted octanol–water partition coefficient (Wildman–Crippen LogP) is 4.80. The Hall–Kier alpha value is -0.610.